The van der Waals surface area contributed by atoms with Crippen LogP contribution in [0.2, 0.25) is 0 Å². The number of rotatable bonds is 6. The van der Waals surface area contributed by atoms with Gasteiger partial charge in [0.25, 0.3) is 5.91 Å². The zero-order valence-corrected chi connectivity index (χ0v) is 15.2. The molecule has 1 aromatic heterocycles. The van der Waals surface area contributed by atoms with Crippen molar-refractivity contribution >= 4 is 28.6 Å². The van der Waals surface area contributed by atoms with Crippen molar-refractivity contribution in [3.05, 3.63) is 36.0 Å². The molecule has 1 atom stereocenters. The van der Waals surface area contributed by atoms with Gasteiger partial charge in [-0.05, 0) is 50.8 Å². The molecule has 1 unspecified atom stereocenters. The molecule has 2 rings (SSSR count). The number of carbonyl (C=O) groups is 1. The van der Waals surface area contributed by atoms with Gasteiger partial charge in [0.15, 0.2) is 0 Å². The van der Waals surface area contributed by atoms with Gasteiger partial charge in [-0.25, -0.2) is 0 Å². The molecule has 0 aliphatic heterocycles. The van der Waals surface area contributed by atoms with Crippen LogP contribution in [0, 0.1) is 12.3 Å². The second kappa shape index (κ2) is 7.59. The third-order valence-corrected chi connectivity index (χ3v) is 4.57. The van der Waals surface area contributed by atoms with E-state index in [4.69, 9.17) is 11.2 Å². The number of amides is 1. The number of aromatic nitrogens is 1. The summed E-state index contributed by atoms with van der Waals surface area (Å²) in [5.74, 6) is 3.05. The minimum Gasteiger partial charge on any atom is -0.470 e. The van der Waals surface area contributed by atoms with E-state index in [1.807, 2.05) is 51.3 Å². The Morgan fingerprint density at radius 2 is 2.21 bits per heavy atom. The van der Waals surface area contributed by atoms with Crippen LogP contribution in [0.15, 0.2) is 30.5 Å². The van der Waals surface area contributed by atoms with Gasteiger partial charge in [-0.15, -0.1) is 18.2 Å². The third kappa shape index (κ3) is 4.42. The van der Waals surface area contributed by atoms with E-state index in [-0.39, 0.29) is 11.4 Å². The van der Waals surface area contributed by atoms with Crippen molar-refractivity contribution in [1.82, 2.24) is 10.3 Å². The monoisotopic (exact) mass is 342 g/mol. The summed E-state index contributed by atoms with van der Waals surface area (Å²) in [6.45, 7) is 6.02. The second-order valence-corrected chi connectivity index (χ2v) is 7.03. The van der Waals surface area contributed by atoms with E-state index in [0.717, 1.165) is 17.3 Å². The van der Waals surface area contributed by atoms with Gasteiger partial charge in [-0.3, -0.25) is 9.78 Å². The van der Waals surface area contributed by atoms with Crippen LogP contribution in [0.25, 0.3) is 10.9 Å². The quantitative estimate of drug-likeness (QED) is 0.644. The molecular weight excluding hydrogens is 320 g/mol. The first-order valence-electron chi connectivity index (χ1n) is 7.76. The highest BCUT2D eigenvalue weighted by Gasteiger charge is 2.25. The number of ether oxygens (including phenoxy) is 1. The summed E-state index contributed by atoms with van der Waals surface area (Å²) in [5, 5.41) is 3.90. The molecule has 2 aromatic rings. The fraction of sp³-hybridized carbons (Fsp3) is 0.368. The summed E-state index contributed by atoms with van der Waals surface area (Å²) in [6, 6.07) is 7.40. The molecule has 0 spiro atoms. The highest BCUT2D eigenvalue weighted by atomic mass is 32.2. The van der Waals surface area contributed by atoms with Crippen LogP contribution >= 0.6 is 11.8 Å². The minimum atomic E-state index is -0.614. The lowest BCUT2D eigenvalue weighted by Crippen LogP contribution is -2.48. The molecule has 0 bridgehead atoms. The topological polar surface area (TPSA) is 51.2 Å². The Bertz CT molecular complexity index is 781. The van der Waals surface area contributed by atoms with Crippen LogP contribution < -0.4 is 10.1 Å². The van der Waals surface area contributed by atoms with Crippen molar-refractivity contribution in [2.75, 3.05) is 6.26 Å². The number of nitrogens with zero attached hydrogens (tertiary/aromatic N) is 1. The molecule has 126 valence electrons. The lowest BCUT2D eigenvalue weighted by atomic mass is 10.0. The number of thioether (sulfide) groups is 1. The van der Waals surface area contributed by atoms with Gasteiger partial charge in [-0.2, -0.15) is 0 Å². The summed E-state index contributed by atoms with van der Waals surface area (Å²) in [4.78, 5) is 16.7. The fourth-order valence-corrected chi connectivity index (χ4v) is 2.56. The Hall–Kier alpha value is -2.19. The second-order valence-electron chi connectivity index (χ2n) is 6.14. The van der Waals surface area contributed by atoms with Crippen LogP contribution in [0.4, 0.5) is 0 Å². The molecular formula is C19H22N2O2S. The van der Waals surface area contributed by atoms with Crippen LogP contribution in [-0.4, -0.2) is 28.1 Å². The van der Waals surface area contributed by atoms with Crippen molar-refractivity contribution in [1.29, 1.82) is 0 Å². The summed E-state index contributed by atoms with van der Waals surface area (Å²) in [7, 11) is 0. The maximum atomic E-state index is 12.4. The zero-order chi connectivity index (χ0) is 17.7. The molecule has 1 aromatic carbocycles. The van der Waals surface area contributed by atoms with Crippen LogP contribution in [0.3, 0.4) is 0 Å². The molecule has 0 aliphatic carbocycles. The predicted octanol–water partition coefficient (Wildman–Crippen LogP) is 3.59. The highest BCUT2D eigenvalue weighted by Crippen LogP contribution is 2.23. The molecule has 0 aliphatic rings. The van der Waals surface area contributed by atoms with Gasteiger partial charge in [0, 0.05) is 22.7 Å². The highest BCUT2D eigenvalue weighted by molar-refractivity contribution is 7.99. The van der Waals surface area contributed by atoms with Gasteiger partial charge in [0.2, 0.25) is 5.44 Å². The molecule has 0 radical (unpaired) electrons. The van der Waals surface area contributed by atoms with Gasteiger partial charge in [-0.1, -0.05) is 12.8 Å². The first kappa shape index (κ1) is 18.2. The number of carbonyl (C=O) groups excluding carboxylic acids is 1. The van der Waals surface area contributed by atoms with Crippen molar-refractivity contribution < 1.29 is 9.53 Å². The van der Waals surface area contributed by atoms with Crippen LogP contribution in [0.1, 0.15) is 32.8 Å². The molecule has 1 N–H and O–H groups in total. The number of terminal acetylenes is 1. The molecule has 0 saturated heterocycles. The number of nitrogens with one attached hydrogen (secondary N) is 1. The van der Waals surface area contributed by atoms with Crippen molar-refractivity contribution in [3.8, 4) is 18.1 Å². The lowest BCUT2D eigenvalue weighted by molar-refractivity contribution is -0.126. The average molecular weight is 342 g/mol. The molecule has 5 heteroatoms. The van der Waals surface area contributed by atoms with Gasteiger partial charge < -0.3 is 10.1 Å². The van der Waals surface area contributed by atoms with E-state index in [1.54, 1.807) is 6.20 Å². The Kier molecular flexibility index (Phi) is 5.74. The van der Waals surface area contributed by atoms with Crippen molar-refractivity contribution in [2.24, 2.45) is 0 Å². The number of hydrogen-bond acceptors (Lipinski definition) is 4. The van der Waals surface area contributed by atoms with Crippen LogP contribution in [-0.2, 0) is 4.79 Å². The maximum Gasteiger partial charge on any atom is 0.272 e. The smallest absolute Gasteiger partial charge is 0.272 e. The van der Waals surface area contributed by atoms with E-state index in [2.05, 4.69) is 16.2 Å². The van der Waals surface area contributed by atoms with Crippen molar-refractivity contribution in [2.45, 2.75) is 38.2 Å². The maximum absolute atomic E-state index is 12.4. The number of hydrogen-bond donors (Lipinski definition) is 1. The SMILES string of the molecule is C#Cc1cnc2ccc(OC(SC)C(=O)NC(C)(C)CC)cc2c1. The van der Waals surface area contributed by atoms with E-state index >= 15 is 0 Å². The third-order valence-electron chi connectivity index (χ3n) is 3.84. The molecule has 1 heterocycles. The Balaban J connectivity index is 2.20. The largest absolute Gasteiger partial charge is 0.470 e. The van der Waals surface area contributed by atoms with Gasteiger partial charge in [0.05, 0.1) is 5.52 Å². The standard InChI is InChI=1S/C19H22N2O2S/c1-6-13-10-14-11-15(8-9-16(14)20-12-13)23-18(24-5)17(22)21-19(3,4)7-2/h1,8-12,18H,7H2,2-5H3,(H,21,22). The minimum absolute atomic E-state index is 0.134. The summed E-state index contributed by atoms with van der Waals surface area (Å²) in [6.07, 6.45) is 9.77. The Labute approximate surface area is 147 Å². The average Bonchev–Trinajstić information content (AvgIpc) is 2.58. The molecule has 24 heavy (non-hydrogen) atoms. The number of benzene rings is 1. The molecule has 1 amide bonds. The summed E-state index contributed by atoms with van der Waals surface area (Å²) < 4.78 is 5.87. The summed E-state index contributed by atoms with van der Waals surface area (Å²) >= 11 is 1.35. The van der Waals surface area contributed by atoms with E-state index in [9.17, 15) is 4.79 Å². The van der Waals surface area contributed by atoms with Gasteiger partial charge >= 0.3 is 0 Å². The van der Waals surface area contributed by atoms with Gasteiger partial charge in [0.1, 0.15) is 5.75 Å². The van der Waals surface area contributed by atoms with E-state index in [0.29, 0.717) is 11.3 Å². The number of fused-ring (bicyclic) bond motifs is 1. The summed E-state index contributed by atoms with van der Waals surface area (Å²) in [5.41, 5.74) is 0.669. The van der Waals surface area contributed by atoms with E-state index < -0.39 is 5.44 Å². The van der Waals surface area contributed by atoms with Crippen molar-refractivity contribution in [3.63, 3.8) is 0 Å². The normalized spacial score (nSPS) is 12.5. The molecule has 4 nitrogen and oxygen atoms in total. The van der Waals surface area contributed by atoms with E-state index in [1.165, 1.54) is 11.8 Å². The van der Waals surface area contributed by atoms with Crippen LogP contribution in [0.5, 0.6) is 5.75 Å². The Morgan fingerprint density at radius 3 is 2.83 bits per heavy atom. The first-order valence-corrected chi connectivity index (χ1v) is 9.05. The zero-order valence-electron chi connectivity index (χ0n) is 14.4. The first-order chi connectivity index (χ1) is 11.4. The molecule has 0 fully saturated rings. The number of pyridine rings is 1. The fourth-order valence-electron chi connectivity index (χ4n) is 2.08. The predicted molar refractivity (Wildman–Crippen MR) is 100 cm³/mol. The molecule has 0 saturated carbocycles. The Morgan fingerprint density at radius 1 is 1.46 bits per heavy atom. The lowest BCUT2D eigenvalue weighted by Gasteiger charge is -2.27.